The van der Waals surface area contributed by atoms with Gasteiger partial charge in [0.1, 0.15) is 0 Å². The third-order valence-corrected chi connectivity index (χ3v) is 11.4. The van der Waals surface area contributed by atoms with Crippen molar-refractivity contribution in [1.29, 1.82) is 0 Å². The second-order valence-corrected chi connectivity index (χ2v) is 14.1. The summed E-state index contributed by atoms with van der Waals surface area (Å²) in [5, 5.41) is 9.91. The minimum Gasteiger partial charge on any atom is -0.309 e. The van der Waals surface area contributed by atoms with Crippen LogP contribution in [0.4, 0.5) is 0 Å². The predicted molar refractivity (Wildman–Crippen MR) is 221 cm³/mol. The van der Waals surface area contributed by atoms with Gasteiger partial charge >= 0.3 is 0 Å². The number of fused-ring (bicyclic) bond motifs is 11. The standard InChI is InChI=1S/C49H29N3O/c53-49-40-25-22-30(27-41(40)39-17-10-16-38-36-15-6-9-20-45(36)52(49)48(38)39)31-21-24-37-42-29-33(23-26-46(42)50(47(37)28-31)32-11-2-1-3-12-32)51-43-18-7-4-13-34(43)35-14-5-8-19-44(35)51/h1-29H. The van der Waals surface area contributed by atoms with E-state index in [0.717, 1.165) is 71.5 Å². The first kappa shape index (κ1) is 28.5. The summed E-state index contributed by atoms with van der Waals surface area (Å²) in [6.07, 6.45) is 0. The third-order valence-electron chi connectivity index (χ3n) is 11.4. The fourth-order valence-corrected chi connectivity index (χ4v) is 9.08. The van der Waals surface area contributed by atoms with Gasteiger partial charge in [-0.15, -0.1) is 0 Å². The first-order chi connectivity index (χ1) is 26.2. The van der Waals surface area contributed by atoms with Crippen molar-refractivity contribution in [2.45, 2.75) is 0 Å². The fraction of sp³-hybridized carbons (Fsp3) is 0. The summed E-state index contributed by atoms with van der Waals surface area (Å²) in [5.74, 6) is 0. The van der Waals surface area contributed by atoms with E-state index in [1.54, 1.807) is 0 Å². The van der Waals surface area contributed by atoms with Gasteiger partial charge in [0.2, 0.25) is 0 Å². The Hall–Kier alpha value is -7.17. The zero-order valence-corrected chi connectivity index (χ0v) is 28.5. The van der Waals surface area contributed by atoms with Crippen LogP contribution >= 0.6 is 0 Å². The zero-order chi connectivity index (χ0) is 34.8. The zero-order valence-electron chi connectivity index (χ0n) is 28.5. The van der Waals surface area contributed by atoms with Crippen LogP contribution in [0.5, 0.6) is 0 Å². The highest BCUT2D eigenvalue weighted by Gasteiger charge is 2.19. The van der Waals surface area contributed by atoms with Crippen molar-refractivity contribution in [3.05, 3.63) is 186 Å². The maximum absolute atomic E-state index is 14.1. The van der Waals surface area contributed by atoms with E-state index in [0.29, 0.717) is 0 Å². The highest BCUT2D eigenvalue weighted by atomic mass is 16.1. The van der Waals surface area contributed by atoms with Crippen molar-refractivity contribution in [3.63, 3.8) is 0 Å². The summed E-state index contributed by atoms with van der Waals surface area (Å²) in [6, 6.07) is 62.6. The highest BCUT2D eigenvalue weighted by Crippen LogP contribution is 2.40. The molecule has 4 nitrogen and oxygen atoms in total. The molecule has 53 heavy (non-hydrogen) atoms. The second-order valence-electron chi connectivity index (χ2n) is 14.1. The largest absolute Gasteiger partial charge is 0.309 e. The summed E-state index contributed by atoms with van der Waals surface area (Å²) in [4.78, 5) is 14.1. The molecule has 0 atom stereocenters. The summed E-state index contributed by atoms with van der Waals surface area (Å²) in [7, 11) is 0. The van der Waals surface area contributed by atoms with Gasteiger partial charge in [-0.3, -0.25) is 9.20 Å². The lowest BCUT2D eigenvalue weighted by Crippen LogP contribution is -2.12. The molecule has 0 bridgehead atoms. The molecule has 4 heterocycles. The van der Waals surface area contributed by atoms with Crippen molar-refractivity contribution in [1.82, 2.24) is 13.5 Å². The van der Waals surface area contributed by atoms with E-state index in [4.69, 9.17) is 0 Å². The predicted octanol–water partition coefficient (Wildman–Crippen LogP) is 12.1. The molecule has 0 spiro atoms. The lowest BCUT2D eigenvalue weighted by molar-refractivity contribution is 1.17. The van der Waals surface area contributed by atoms with Crippen molar-refractivity contribution in [2.75, 3.05) is 0 Å². The Labute approximate surface area is 302 Å². The van der Waals surface area contributed by atoms with Gasteiger partial charge in [-0.05, 0) is 83.2 Å². The third kappa shape index (κ3) is 3.81. The van der Waals surface area contributed by atoms with E-state index in [1.807, 2.05) is 28.7 Å². The molecule has 12 rings (SSSR count). The van der Waals surface area contributed by atoms with Crippen molar-refractivity contribution in [3.8, 4) is 22.5 Å². The molecule has 0 aliphatic rings. The van der Waals surface area contributed by atoms with Gasteiger partial charge in [0.25, 0.3) is 5.56 Å². The normalized spacial score (nSPS) is 12.2. The number of nitrogens with zero attached hydrogens (tertiary/aromatic N) is 3. The molecular weight excluding hydrogens is 647 g/mol. The summed E-state index contributed by atoms with van der Waals surface area (Å²) in [6.45, 7) is 0. The fourth-order valence-electron chi connectivity index (χ4n) is 9.08. The second kappa shape index (κ2) is 10.4. The molecule has 0 fully saturated rings. The van der Waals surface area contributed by atoms with Crippen LogP contribution < -0.4 is 5.56 Å². The minimum absolute atomic E-state index is 0.0233. The van der Waals surface area contributed by atoms with E-state index in [-0.39, 0.29) is 5.56 Å². The van der Waals surface area contributed by atoms with E-state index in [9.17, 15) is 4.79 Å². The Morgan fingerprint density at radius 1 is 0.302 bits per heavy atom. The smallest absolute Gasteiger partial charge is 0.263 e. The van der Waals surface area contributed by atoms with Gasteiger partial charge in [0, 0.05) is 54.5 Å². The quantitative estimate of drug-likeness (QED) is 0.172. The Morgan fingerprint density at radius 3 is 1.57 bits per heavy atom. The number of hydrogen-bond donors (Lipinski definition) is 0. The molecule has 12 aromatic rings. The Bertz CT molecular complexity index is 3480. The van der Waals surface area contributed by atoms with Gasteiger partial charge < -0.3 is 9.13 Å². The van der Waals surface area contributed by atoms with Crippen molar-refractivity contribution >= 4 is 81.6 Å². The molecule has 246 valence electrons. The van der Waals surface area contributed by atoms with E-state index in [1.165, 1.54) is 32.6 Å². The van der Waals surface area contributed by atoms with Crippen molar-refractivity contribution in [2.24, 2.45) is 0 Å². The van der Waals surface area contributed by atoms with Crippen LogP contribution in [0.25, 0.3) is 104 Å². The molecule has 4 heteroatoms. The summed E-state index contributed by atoms with van der Waals surface area (Å²) in [5.41, 5.74) is 11.1. The molecule has 0 radical (unpaired) electrons. The van der Waals surface area contributed by atoms with Crippen LogP contribution in [-0.2, 0) is 0 Å². The highest BCUT2D eigenvalue weighted by molar-refractivity contribution is 6.20. The Morgan fingerprint density at radius 2 is 0.830 bits per heavy atom. The molecule has 0 unspecified atom stereocenters. The first-order valence-electron chi connectivity index (χ1n) is 18.1. The summed E-state index contributed by atoms with van der Waals surface area (Å²) < 4.78 is 6.67. The number of pyridine rings is 1. The Kier molecular flexibility index (Phi) is 5.62. The molecule has 4 aromatic heterocycles. The maximum atomic E-state index is 14.1. The van der Waals surface area contributed by atoms with Gasteiger partial charge in [0.05, 0.1) is 33.1 Å². The van der Waals surface area contributed by atoms with Gasteiger partial charge in [-0.25, -0.2) is 0 Å². The van der Waals surface area contributed by atoms with Gasteiger partial charge in [0.15, 0.2) is 0 Å². The molecule has 0 saturated heterocycles. The molecule has 8 aromatic carbocycles. The van der Waals surface area contributed by atoms with Crippen LogP contribution in [0.3, 0.4) is 0 Å². The monoisotopic (exact) mass is 675 g/mol. The lowest BCUT2D eigenvalue weighted by Gasteiger charge is -2.11. The molecule has 0 aliphatic carbocycles. The lowest BCUT2D eigenvalue weighted by atomic mass is 9.98. The van der Waals surface area contributed by atoms with E-state index >= 15 is 0 Å². The summed E-state index contributed by atoms with van der Waals surface area (Å²) >= 11 is 0. The Balaban J connectivity index is 1.11. The van der Waals surface area contributed by atoms with Gasteiger partial charge in [-0.1, -0.05) is 109 Å². The average molecular weight is 676 g/mol. The number of hydrogen-bond acceptors (Lipinski definition) is 1. The minimum atomic E-state index is 0.0233. The maximum Gasteiger partial charge on any atom is 0.263 e. The van der Waals surface area contributed by atoms with Crippen LogP contribution in [0.2, 0.25) is 0 Å². The van der Waals surface area contributed by atoms with Crippen LogP contribution in [0, 0.1) is 0 Å². The number of rotatable bonds is 3. The SMILES string of the molecule is O=c1c2ccc(-c3ccc4c5cc(-n6c7ccccc7c7ccccc76)ccc5n(-c5ccccc5)c4c3)cc2c2cccc3c4ccccc4n1c23. The van der Waals surface area contributed by atoms with Gasteiger partial charge in [-0.2, -0.15) is 0 Å². The molecule has 0 amide bonds. The van der Waals surface area contributed by atoms with E-state index < -0.39 is 0 Å². The van der Waals surface area contributed by atoms with E-state index in [2.05, 4.69) is 161 Å². The molecule has 0 saturated carbocycles. The first-order valence-corrected chi connectivity index (χ1v) is 18.1. The topological polar surface area (TPSA) is 31.3 Å². The average Bonchev–Trinajstić information content (AvgIpc) is 3.86. The van der Waals surface area contributed by atoms with Crippen LogP contribution in [0.1, 0.15) is 0 Å². The number of para-hydroxylation sites is 5. The molecule has 0 N–H and O–H groups in total. The van der Waals surface area contributed by atoms with Crippen molar-refractivity contribution < 1.29 is 0 Å². The molecule has 0 aliphatic heterocycles. The van der Waals surface area contributed by atoms with Crippen LogP contribution in [0.15, 0.2) is 181 Å². The number of aromatic nitrogens is 3. The van der Waals surface area contributed by atoms with Crippen LogP contribution in [-0.4, -0.2) is 13.5 Å². The number of benzene rings is 8. The molecular formula is C49H29N3O.